The molecule has 1 N–H and O–H groups in total. The Bertz CT molecular complexity index is 786. The standard InChI is InChI=1S/C17H19N3O4S/c1-11-16(25-15(18-11)9-20-4-6-22-7-5-20)17(21)19-12-2-3-13-14(8-12)24-10-23-13/h2-3,8H,4-7,9-10H2,1H3,(H,19,21). The van der Waals surface area contributed by atoms with Crippen molar-refractivity contribution < 1.29 is 19.0 Å². The van der Waals surface area contributed by atoms with E-state index in [-0.39, 0.29) is 12.7 Å². The van der Waals surface area contributed by atoms with Crippen molar-refractivity contribution in [2.45, 2.75) is 13.5 Å². The highest BCUT2D eigenvalue weighted by Gasteiger charge is 2.19. The van der Waals surface area contributed by atoms with Gasteiger partial charge in [0.25, 0.3) is 5.91 Å². The van der Waals surface area contributed by atoms with Crippen LogP contribution in [0.15, 0.2) is 18.2 Å². The summed E-state index contributed by atoms with van der Waals surface area (Å²) in [7, 11) is 0. The van der Waals surface area contributed by atoms with E-state index in [2.05, 4.69) is 15.2 Å². The highest BCUT2D eigenvalue weighted by molar-refractivity contribution is 7.13. The molecular weight excluding hydrogens is 342 g/mol. The minimum atomic E-state index is -0.151. The number of fused-ring (bicyclic) bond motifs is 1. The summed E-state index contributed by atoms with van der Waals surface area (Å²) < 4.78 is 16.0. The Labute approximate surface area is 149 Å². The van der Waals surface area contributed by atoms with Gasteiger partial charge in [-0.2, -0.15) is 0 Å². The number of carbonyl (C=O) groups excluding carboxylic acids is 1. The van der Waals surface area contributed by atoms with Gasteiger partial charge < -0.3 is 19.5 Å². The molecule has 1 amide bonds. The van der Waals surface area contributed by atoms with Crippen LogP contribution in [0.25, 0.3) is 0 Å². The second kappa shape index (κ2) is 6.99. The lowest BCUT2D eigenvalue weighted by Gasteiger charge is -2.25. The minimum Gasteiger partial charge on any atom is -0.454 e. The summed E-state index contributed by atoms with van der Waals surface area (Å²) in [4.78, 5) is 20.1. The molecule has 0 saturated carbocycles. The molecule has 132 valence electrons. The number of thiazole rings is 1. The number of ether oxygens (including phenoxy) is 3. The number of benzene rings is 1. The Morgan fingerprint density at radius 1 is 1.28 bits per heavy atom. The fourth-order valence-corrected chi connectivity index (χ4v) is 3.85. The smallest absolute Gasteiger partial charge is 0.267 e. The third-order valence-electron chi connectivity index (χ3n) is 4.14. The number of nitrogens with one attached hydrogen (secondary N) is 1. The zero-order valence-corrected chi connectivity index (χ0v) is 14.7. The monoisotopic (exact) mass is 361 g/mol. The first-order chi connectivity index (χ1) is 12.2. The van der Waals surface area contributed by atoms with Gasteiger partial charge in [0.1, 0.15) is 9.88 Å². The fourth-order valence-electron chi connectivity index (χ4n) is 2.84. The highest BCUT2D eigenvalue weighted by atomic mass is 32.1. The molecule has 7 nitrogen and oxygen atoms in total. The number of morpholine rings is 1. The number of amides is 1. The summed E-state index contributed by atoms with van der Waals surface area (Å²) in [5.74, 6) is 1.19. The van der Waals surface area contributed by atoms with E-state index in [9.17, 15) is 4.79 Å². The number of hydrogen-bond acceptors (Lipinski definition) is 7. The zero-order valence-electron chi connectivity index (χ0n) is 13.9. The number of anilines is 1. The molecule has 1 fully saturated rings. The largest absolute Gasteiger partial charge is 0.454 e. The molecule has 1 saturated heterocycles. The highest BCUT2D eigenvalue weighted by Crippen LogP contribution is 2.34. The van der Waals surface area contributed by atoms with Gasteiger partial charge in [0.15, 0.2) is 11.5 Å². The predicted octanol–water partition coefficient (Wildman–Crippen LogP) is 2.26. The molecule has 0 radical (unpaired) electrons. The number of aromatic nitrogens is 1. The molecule has 0 unspecified atom stereocenters. The van der Waals surface area contributed by atoms with Gasteiger partial charge in [-0.3, -0.25) is 9.69 Å². The maximum absolute atomic E-state index is 12.6. The Morgan fingerprint density at radius 2 is 2.08 bits per heavy atom. The van der Waals surface area contributed by atoms with Crippen molar-refractivity contribution in [2.24, 2.45) is 0 Å². The molecular formula is C17H19N3O4S. The normalized spacial score (nSPS) is 16.8. The second-order valence-corrected chi connectivity index (χ2v) is 7.02. The molecule has 1 aromatic carbocycles. The third kappa shape index (κ3) is 3.60. The molecule has 3 heterocycles. The minimum absolute atomic E-state index is 0.151. The zero-order chi connectivity index (χ0) is 17.2. The Morgan fingerprint density at radius 3 is 2.92 bits per heavy atom. The average Bonchev–Trinajstić information content (AvgIpc) is 3.21. The summed E-state index contributed by atoms with van der Waals surface area (Å²) in [6.45, 7) is 6.14. The van der Waals surface area contributed by atoms with Crippen LogP contribution in [0.1, 0.15) is 20.4 Å². The first-order valence-corrected chi connectivity index (χ1v) is 8.98. The fraction of sp³-hybridized carbons (Fsp3) is 0.412. The van der Waals surface area contributed by atoms with Gasteiger partial charge in [-0.25, -0.2) is 4.98 Å². The van der Waals surface area contributed by atoms with Crippen LogP contribution in [-0.4, -0.2) is 48.9 Å². The predicted molar refractivity (Wildman–Crippen MR) is 93.5 cm³/mol. The maximum Gasteiger partial charge on any atom is 0.267 e. The Hall–Kier alpha value is -2.16. The summed E-state index contributed by atoms with van der Waals surface area (Å²) in [6, 6.07) is 5.36. The summed E-state index contributed by atoms with van der Waals surface area (Å²) in [5, 5.41) is 3.86. The average molecular weight is 361 g/mol. The van der Waals surface area contributed by atoms with Crippen molar-refractivity contribution in [2.75, 3.05) is 38.4 Å². The van der Waals surface area contributed by atoms with Gasteiger partial charge in [-0.1, -0.05) is 0 Å². The van der Waals surface area contributed by atoms with E-state index in [1.807, 2.05) is 6.92 Å². The molecule has 0 aliphatic carbocycles. The first-order valence-electron chi connectivity index (χ1n) is 8.16. The van der Waals surface area contributed by atoms with E-state index in [0.717, 1.165) is 43.5 Å². The number of rotatable bonds is 4. The molecule has 2 aliphatic rings. The summed E-state index contributed by atoms with van der Waals surface area (Å²) in [6.07, 6.45) is 0. The van der Waals surface area contributed by atoms with E-state index in [1.54, 1.807) is 18.2 Å². The van der Waals surface area contributed by atoms with Gasteiger partial charge in [-0.15, -0.1) is 11.3 Å². The molecule has 0 bridgehead atoms. The van der Waals surface area contributed by atoms with Crippen LogP contribution in [0.2, 0.25) is 0 Å². The number of hydrogen-bond donors (Lipinski definition) is 1. The van der Waals surface area contributed by atoms with Crippen molar-refractivity contribution >= 4 is 22.9 Å². The van der Waals surface area contributed by atoms with E-state index in [0.29, 0.717) is 22.1 Å². The van der Waals surface area contributed by atoms with Crippen LogP contribution in [0.4, 0.5) is 5.69 Å². The molecule has 0 atom stereocenters. The summed E-state index contributed by atoms with van der Waals surface area (Å²) in [5.41, 5.74) is 1.43. The van der Waals surface area contributed by atoms with Crippen molar-refractivity contribution in [3.63, 3.8) is 0 Å². The van der Waals surface area contributed by atoms with E-state index in [1.165, 1.54) is 11.3 Å². The van der Waals surface area contributed by atoms with Crippen LogP contribution in [0.5, 0.6) is 11.5 Å². The van der Waals surface area contributed by atoms with Gasteiger partial charge in [0.05, 0.1) is 25.5 Å². The lowest BCUT2D eigenvalue weighted by Crippen LogP contribution is -2.35. The second-order valence-electron chi connectivity index (χ2n) is 5.93. The maximum atomic E-state index is 12.6. The van der Waals surface area contributed by atoms with Crippen molar-refractivity contribution in [3.05, 3.63) is 33.8 Å². The van der Waals surface area contributed by atoms with Crippen LogP contribution in [0.3, 0.4) is 0 Å². The number of aryl methyl sites for hydroxylation is 1. The van der Waals surface area contributed by atoms with Crippen LogP contribution in [0, 0.1) is 6.92 Å². The van der Waals surface area contributed by atoms with Gasteiger partial charge in [0, 0.05) is 24.8 Å². The van der Waals surface area contributed by atoms with Crippen molar-refractivity contribution in [1.29, 1.82) is 0 Å². The molecule has 2 aliphatic heterocycles. The molecule has 8 heteroatoms. The first kappa shape index (κ1) is 16.3. The number of carbonyl (C=O) groups is 1. The molecule has 1 aromatic heterocycles. The molecule has 25 heavy (non-hydrogen) atoms. The van der Waals surface area contributed by atoms with Gasteiger partial charge in [0.2, 0.25) is 6.79 Å². The van der Waals surface area contributed by atoms with E-state index < -0.39 is 0 Å². The van der Waals surface area contributed by atoms with E-state index >= 15 is 0 Å². The Kier molecular flexibility index (Phi) is 4.56. The summed E-state index contributed by atoms with van der Waals surface area (Å²) >= 11 is 1.44. The third-order valence-corrected chi connectivity index (χ3v) is 5.28. The lowest BCUT2D eigenvalue weighted by molar-refractivity contribution is 0.0341. The van der Waals surface area contributed by atoms with Crippen molar-refractivity contribution in [1.82, 2.24) is 9.88 Å². The molecule has 4 rings (SSSR count). The quantitative estimate of drug-likeness (QED) is 0.901. The van der Waals surface area contributed by atoms with Crippen LogP contribution < -0.4 is 14.8 Å². The van der Waals surface area contributed by atoms with Gasteiger partial charge in [-0.05, 0) is 19.1 Å². The van der Waals surface area contributed by atoms with Gasteiger partial charge >= 0.3 is 0 Å². The molecule has 0 spiro atoms. The number of nitrogens with zero attached hydrogens (tertiary/aromatic N) is 2. The lowest BCUT2D eigenvalue weighted by atomic mass is 10.2. The Balaban J connectivity index is 1.44. The van der Waals surface area contributed by atoms with E-state index in [4.69, 9.17) is 14.2 Å². The van der Waals surface area contributed by atoms with Crippen LogP contribution in [-0.2, 0) is 11.3 Å². The van der Waals surface area contributed by atoms with Crippen molar-refractivity contribution in [3.8, 4) is 11.5 Å². The SMILES string of the molecule is Cc1nc(CN2CCOCC2)sc1C(=O)Nc1ccc2c(c1)OCO2. The van der Waals surface area contributed by atoms with Crippen LogP contribution >= 0.6 is 11.3 Å². The molecule has 2 aromatic rings. The topological polar surface area (TPSA) is 72.9 Å².